The Bertz CT molecular complexity index is 937. The van der Waals surface area contributed by atoms with Gasteiger partial charge in [-0.1, -0.05) is 12.1 Å². The number of aromatic amines is 2. The van der Waals surface area contributed by atoms with Gasteiger partial charge in [0, 0.05) is 13.2 Å². The third kappa shape index (κ3) is 2.33. The summed E-state index contributed by atoms with van der Waals surface area (Å²) < 4.78 is 1.86. The first-order chi connectivity index (χ1) is 10.7. The number of rotatable bonds is 3. The second kappa shape index (κ2) is 5.54. The molecule has 1 aromatic carbocycles. The van der Waals surface area contributed by atoms with Crippen LogP contribution < -0.4 is 5.56 Å². The van der Waals surface area contributed by atoms with Crippen molar-refractivity contribution in [2.24, 2.45) is 17.3 Å². The van der Waals surface area contributed by atoms with Crippen molar-refractivity contribution in [2.75, 3.05) is 0 Å². The molecule has 2 heterocycles. The van der Waals surface area contributed by atoms with Gasteiger partial charge in [0.2, 0.25) is 0 Å². The van der Waals surface area contributed by atoms with Crippen molar-refractivity contribution < 1.29 is 0 Å². The summed E-state index contributed by atoms with van der Waals surface area (Å²) in [5.74, 6) is 0. The van der Waals surface area contributed by atoms with Crippen molar-refractivity contribution in [1.29, 1.82) is 5.26 Å². The lowest BCUT2D eigenvalue weighted by Crippen LogP contribution is -1.96. The predicted octanol–water partition coefficient (Wildman–Crippen LogP) is 3.00. The van der Waals surface area contributed by atoms with E-state index < -0.39 is 0 Å². The van der Waals surface area contributed by atoms with Crippen LogP contribution in [-0.4, -0.2) is 14.8 Å². The lowest BCUT2D eigenvalue weighted by Gasteiger charge is -2.00. The van der Waals surface area contributed by atoms with Crippen LogP contribution in [0.4, 0.5) is 11.4 Å². The molecule has 2 aromatic heterocycles. The standard InChI is InChI=1S/C15H12N6O/c1-21-8-4-7-12(21)13-14(15(22)20-18-13)19-17-11-6-3-2-5-10(11)9-16/h2-8H,1H3,(H2,18,20,22). The summed E-state index contributed by atoms with van der Waals surface area (Å²) in [4.78, 5) is 11.9. The van der Waals surface area contributed by atoms with Gasteiger partial charge in [-0.25, -0.2) is 0 Å². The van der Waals surface area contributed by atoms with Gasteiger partial charge >= 0.3 is 0 Å². The third-order valence-corrected chi connectivity index (χ3v) is 3.24. The van der Waals surface area contributed by atoms with E-state index in [0.29, 0.717) is 16.9 Å². The molecule has 22 heavy (non-hydrogen) atoms. The van der Waals surface area contributed by atoms with Crippen molar-refractivity contribution in [3.05, 3.63) is 58.5 Å². The molecule has 3 aromatic rings. The SMILES string of the molecule is Cn1cccc1-c1[nH][nH]c(=O)c1N=Nc1ccccc1C#N. The predicted molar refractivity (Wildman–Crippen MR) is 81.2 cm³/mol. The molecule has 0 saturated heterocycles. The van der Waals surface area contributed by atoms with E-state index in [1.54, 1.807) is 24.3 Å². The van der Waals surface area contributed by atoms with Crippen LogP contribution in [0.1, 0.15) is 5.56 Å². The van der Waals surface area contributed by atoms with Crippen molar-refractivity contribution in [1.82, 2.24) is 14.8 Å². The second-order valence-corrected chi connectivity index (χ2v) is 4.64. The first kappa shape index (κ1) is 13.6. The second-order valence-electron chi connectivity index (χ2n) is 4.64. The minimum Gasteiger partial charge on any atom is -0.349 e. The summed E-state index contributed by atoms with van der Waals surface area (Å²) in [6.45, 7) is 0. The molecule has 0 unspecified atom stereocenters. The largest absolute Gasteiger partial charge is 0.349 e. The molecule has 2 N–H and O–H groups in total. The van der Waals surface area contributed by atoms with Crippen molar-refractivity contribution >= 4 is 11.4 Å². The van der Waals surface area contributed by atoms with E-state index in [-0.39, 0.29) is 11.2 Å². The molecule has 0 spiro atoms. The third-order valence-electron chi connectivity index (χ3n) is 3.24. The normalized spacial score (nSPS) is 10.9. The lowest BCUT2D eigenvalue weighted by atomic mass is 10.2. The maximum absolute atomic E-state index is 11.9. The van der Waals surface area contributed by atoms with Gasteiger partial charge in [0.25, 0.3) is 5.56 Å². The molecule has 7 nitrogen and oxygen atoms in total. The van der Waals surface area contributed by atoms with Gasteiger partial charge < -0.3 is 4.57 Å². The van der Waals surface area contributed by atoms with Crippen molar-refractivity contribution in [3.8, 4) is 17.5 Å². The van der Waals surface area contributed by atoms with Crippen LogP contribution in [0.25, 0.3) is 11.4 Å². The molecule has 0 amide bonds. The highest BCUT2D eigenvalue weighted by Crippen LogP contribution is 2.27. The number of nitriles is 1. The highest BCUT2D eigenvalue weighted by atomic mass is 16.1. The molecule has 0 atom stereocenters. The Morgan fingerprint density at radius 2 is 1.95 bits per heavy atom. The van der Waals surface area contributed by atoms with Gasteiger partial charge in [0.15, 0.2) is 5.69 Å². The minimum atomic E-state index is -0.366. The molecule has 108 valence electrons. The number of nitrogens with one attached hydrogen (secondary N) is 2. The topological polar surface area (TPSA) is 102 Å². The fourth-order valence-corrected chi connectivity index (χ4v) is 2.11. The zero-order valence-electron chi connectivity index (χ0n) is 11.7. The maximum atomic E-state index is 11.9. The zero-order chi connectivity index (χ0) is 15.5. The summed E-state index contributed by atoms with van der Waals surface area (Å²) in [7, 11) is 1.87. The van der Waals surface area contributed by atoms with E-state index in [1.807, 2.05) is 36.0 Å². The number of aromatic nitrogens is 3. The molecular formula is C15H12N6O. The van der Waals surface area contributed by atoms with Gasteiger partial charge in [-0.05, 0) is 24.3 Å². The van der Waals surface area contributed by atoms with Gasteiger partial charge in [-0.3, -0.25) is 15.0 Å². The molecule has 3 rings (SSSR count). The Kier molecular flexibility index (Phi) is 3.42. The van der Waals surface area contributed by atoms with Crippen LogP contribution in [0, 0.1) is 11.3 Å². The minimum absolute atomic E-state index is 0.176. The van der Waals surface area contributed by atoms with Crippen LogP contribution in [0.15, 0.2) is 57.6 Å². The highest BCUT2D eigenvalue weighted by Gasteiger charge is 2.13. The summed E-state index contributed by atoms with van der Waals surface area (Å²) in [6, 6.07) is 12.6. The molecule has 0 fully saturated rings. The van der Waals surface area contributed by atoms with E-state index in [0.717, 1.165) is 5.69 Å². The number of nitrogens with zero attached hydrogens (tertiary/aromatic N) is 4. The molecule has 0 aliphatic carbocycles. The maximum Gasteiger partial charge on any atom is 0.292 e. The Morgan fingerprint density at radius 1 is 1.14 bits per heavy atom. The first-order valence-corrected chi connectivity index (χ1v) is 6.54. The molecule has 0 radical (unpaired) electrons. The van der Waals surface area contributed by atoms with Crippen molar-refractivity contribution in [3.63, 3.8) is 0 Å². The van der Waals surface area contributed by atoms with Gasteiger partial charge in [0.05, 0.1) is 11.3 Å². The van der Waals surface area contributed by atoms with E-state index in [1.165, 1.54) is 0 Å². The Hall–Kier alpha value is -3.40. The zero-order valence-corrected chi connectivity index (χ0v) is 11.7. The van der Waals surface area contributed by atoms with Crippen LogP contribution in [0.5, 0.6) is 0 Å². The fraction of sp³-hybridized carbons (Fsp3) is 0.0667. The molecule has 0 saturated carbocycles. The number of hydrogen-bond donors (Lipinski definition) is 2. The molecule has 0 aliphatic heterocycles. The Balaban J connectivity index is 2.06. The average Bonchev–Trinajstić information content (AvgIpc) is 3.11. The molecule has 7 heteroatoms. The fourth-order valence-electron chi connectivity index (χ4n) is 2.11. The van der Waals surface area contributed by atoms with Gasteiger partial charge in [0.1, 0.15) is 17.5 Å². The van der Waals surface area contributed by atoms with E-state index in [9.17, 15) is 4.79 Å². The van der Waals surface area contributed by atoms with Crippen LogP contribution >= 0.6 is 0 Å². The molecule has 0 aliphatic rings. The Labute approximate surface area is 125 Å². The number of H-pyrrole nitrogens is 2. The Morgan fingerprint density at radius 3 is 2.68 bits per heavy atom. The van der Waals surface area contributed by atoms with Gasteiger partial charge in [-0.2, -0.15) is 5.26 Å². The first-order valence-electron chi connectivity index (χ1n) is 6.54. The highest BCUT2D eigenvalue weighted by molar-refractivity contribution is 5.69. The van der Waals surface area contributed by atoms with E-state index in [2.05, 4.69) is 20.4 Å². The number of benzene rings is 1. The van der Waals surface area contributed by atoms with E-state index >= 15 is 0 Å². The van der Waals surface area contributed by atoms with E-state index in [4.69, 9.17) is 5.26 Å². The monoisotopic (exact) mass is 292 g/mol. The number of hydrogen-bond acceptors (Lipinski definition) is 4. The van der Waals surface area contributed by atoms with Crippen LogP contribution in [-0.2, 0) is 7.05 Å². The smallest absolute Gasteiger partial charge is 0.292 e. The molecule has 0 bridgehead atoms. The van der Waals surface area contributed by atoms with Crippen LogP contribution in [0.3, 0.4) is 0 Å². The lowest BCUT2D eigenvalue weighted by molar-refractivity contribution is 0.925. The van der Waals surface area contributed by atoms with Crippen molar-refractivity contribution in [2.45, 2.75) is 0 Å². The quantitative estimate of drug-likeness (QED) is 0.725. The number of azo groups is 1. The number of aryl methyl sites for hydroxylation is 1. The van der Waals surface area contributed by atoms with Gasteiger partial charge in [-0.15, -0.1) is 10.2 Å². The summed E-state index contributed by atoms with van der Waals surface area (Å²) in [5, 5.41) is 22.4. The summed E-state index contributed by atoms with van der Waals surface area (Å²) in [5.41, 5.74) is 1.99. The van der Waals surface area contributed by atoms with Crippen LogP contribution in [0.2, 0.25) is 0 Å². The average molecular weight is 292 g/mol. The summed E-state index contributed by atoms with van der Waals surface area (Å²) in [6.07, 6.45) is 1.87. The summed E-state index contributed by atoms with van der Waals surface area (Å²) >= 11 is 0. The molecular weight excluding hydrogens is 280 g/mol.